The summed E-state index contributed by atoms with van der Waals surface area (Å²) in [6.45, 7) is 9.32. The van der Waals surface area contributed by atoms with Crippen molar-refractivity contribution in [2.24, 2.45) is 0 Å². The van der Waals surface area contributed by atoms with Gasteiger partial charge in [0.25, 0.3) is 0 Å². The Labute approximate surface area is 240 Å². The number of nitrogens with zero attached hydrogens (tertiary/aromatic N) is 1. The van der Waals surface area contributed by atoms with Crippen LogP contribution in [0.15, 0.2) is 100.0 Å². The lowest BCUT2D eigenvalue weighted by Gasteiger charge is -2.40. The van der Waals surface area contributed by atoms with E-state index in [-0.39, 0.29) is 5.54 Å². The number of para-hydroxylation sites is 1. The lowest BCUT2D eigenvalue weighted by molar-refractivity contribution is -0.763. The van der Waals surface area contributed by atoms with Gasteiger partial charge >= 0.3 is 0 Å². The Morgan fingerprint density at radius 1 is 0.659 bits per heavy atom. The molecule has 1 aliphatic rings. The molecule has 0 bridgehead atoms. The van der Waals surface area contributed by atoms with Gasteiger partial charge in [-0.3, -0.25) is 0 Å². The number of benzene rings is 4. The van der Waals surface area contributed by atoms with Crippen LogP contribution in [0.1, 0.15) is 57.1 Å². The average molecular weight is 537 g/mol. The first kappa shape index (κ1) is 24.4. The van der Waals surface area contributed by atoms with Gasteiger partial charge in [0.05, 0.1) is 5.56 Å². The van der Waals surface area contributed by atoms with Crippen molar-refractivity contribution in [2.45, 2.75) is 58.4 Å². The summed E-state index contributed by atoms with van der Waals surface area (Å²) in [6, 6.07) is 30.8. The molecule has 1 aliphatic heterocycles. The topological polar surface area (TPSA) is 30.2 Å². The third kappa shape index (κ3) is 3.29. The smallest absolute Gasteiger partial charge is 0.216 e. The molecule has 0 aliphatic carbocycles. The second-order valence-corrected chi connectivity index (χ2v) is 11.7. The summed E-state index contributed by atoms with van der Waals surface area (Å²) in [5.41, 5.74) is 11.6. The summed E-state index contributed by atoms with van der Waals surface area (Å²) in [7, 11) is 0. The molecule has 1 unspecified atom stereocenters. The SMILES string of the molecule is CCC1c2ccc(-c3ccc4oc5cc6oc7ccccc7c6cc5c4c3)cc2-c2c(C)ccc[n+]2C1(CC)CC. The van der Waals surface area contributed by atoms with Crippen molar-refractivity contribution in [1.82, 2.24) is 0 Å². The molecule has 4 aromatic carbocycles. The summed E-state index contributed by atoms with van der Waals surface area (Å²) < 4.78 is 15.0. The second-order valence-electron chi connectivity index (χ2n) is 11.7. The summed E-state index contributed by atoms with van der Waals surface area (Å²) in [6.07, 6.45) is 5.68. The summed E-state index contributed by atoms with van der Waals surface area (Å²) in [5.74, 6) is 0.480. The highest BCUT2D eigenvalue weighted by Crippen LogP contribution is 2.48. The number of aryl methyl sites for hydroxylation is 1. The van der Waals surface area contributed by atoms with E-state index in [0.29, 0.717) is 5.92 Å². The van der Waals surface area contributed by atoms with E-state index in [1.54, 1.807) is 0 Å². The van der Waals surface area contributed by atoms with Gasteiger partial charge in [0.2, 0.25) is 5.69 Å². The van der Waals surface area contributed by atoms with Crippen LogP contribution in [0.25, 0.3) is 66.3 Å². The predicted octanol–water partition coefficient (Wildman–Crippen LogP) is 10.4. The summed E-state index contributed by atoms with van der Waals surface area (Å²) in [5, 5.41) is 4.52. The molecule has 0 radical (unpaired) electrons. The van der Waals surface area contributed by atoms with Crippen LogP contribution in [-0.4, -0.2) is 0 Å². The van der Waals surface area contributed by atoms with Crippen molar-refractivity contribution in [2.75, 3.05) is 0 Å². The first-order chi connectivity index (χ1) is 20.1. The minimum atomic E-state index is 0.0990. The van der Waals surface area contributed by atoms with Crippen molar-refractivity contribution in [3.8, 4) is 22.4 Å². The van der Waals surface area contributed by atoms with Gasteiger partial charge in [-0.15, -0.1) is 0 Å². The monoisotopic (exact) mass is 536 g/mol. The zero-order chi connectivity index (χ0) is 27.9. The van der Waals surface area contributed by atoms with E-state index in [1.165, 1.54) is 33.5 Å². The number of furan rings is 2. The van der Waals surface area contributed by atoms with Crippen LogP contribution in [0.4, 0.5) is 0 Å². The maximum atomic E-state index is 6.31. The summed E-state index contributed by atoms with van der Waals surface area (Å²) >= 11 is 0. The molecule has 3 heteroatoms. The molecular weight excluding hydrogens is 502 g/mol. The van der Waals surface area contributed by atoms with Crippen molar-refractivity contribution in [3.63, 3.8) is 0 Å². The van der Waals surface area contributed by atoms with E-state index in [4.69, 9.17) is 8.83 Å². The van der Waals surface area contributed by atoms with Crippen LogP contribution in [-0.2, 0) is 5.54 Å². The minimum Gasteiger partial charge on any atom is -0.456 e. The quantitative estimate of drug-likeness (QED) is 0.209. The molecule has 3 aromatic heterocycles. The molecular formula is C38H34NO2+. The third-order valence-corrected chi connectivity index (χ3v) is 9.94. The molecule has 4 heterocycles. The van der Waals surface area contributed by atoms with E-state index in [1.807, 2.05) is 18.2 Å². The molecule has 0 saturated carbocycles. The van der Waals surface area contributed by atoms with Gasteiger partial charge in [-0.05, 0) is 66.4 Å². The van der Waals surface area contributed by atoms with E-state index in [0.717, 1.165) is 63.1 Å². The van der Waals surface area contributed by atoms with Gasteiger partial charge in [0.15, 0.2) is 11.7 Å². The maximum absolute atomic E-state index is 6.31. The van der Waals surface area contributed by atoms with Crippen LogP contribution >= 0.6 is 0 Å². The van der Waals surface area contributed by atoms with Crippen LogP contribution in [0.2, 0.25) is 0 Å². The number of pyridine rings is 1. The number of hydrogen-bond donors (Lipinski definition) is 0. The van der Waals surface area contributed by atoms with E-state index in [2.05, 4.69) is 105 Å². The van der Waals surface area contributed by atoms with Gasteiger partial charge in [0, 0.05) is 58.0 Å². The molecule has 202 valence electrons. The average Bonchev–Trinajstić information content (AvgIpc) is 3.55. The van der Waals surface area contributed by atoms with Crippen LogP contribution in [0.3, 0.4) is 0 Å². The Morgan fingerprint density at radius 2 is 1.34 bits per heavy atom. The molecule has 0 N–H and O–H groups in total. The highest BCUT2D eigenvalue weighted by Gasteiger charge is 2.50. The second kappa shape index (κ2) is 8.81. The Kier molecular flexibility index (Phi) is 5.25. The predicted molar refractivity (Wildman–Crippen MR) is 168 cm³/mol. The zero-order valence-corrected chi connectivity index (χ0v) is 24.1. The number of aromatic nitrogens is 1. The minimum absolute atomic E-state index is 0.0990. The molecule has 0 spiro atoms. The first-order valence-electron chi connectivity index (χ1n) is 15.0. The molecule has 1 atom stereocenters. The lowest BCUT2D eigenvalue weighted by Crippen LogP contribution is -2.62. The van der Waals surface area contributed by atoms with Crippen LogP contribution in [0.5, 0.6) is 0 Å². The van der Waals surface area contributed by atoms with Gasteiger partial charge in [0.1, 0.15) is 22.3 Å². The van der Waals surface area contributed by atoms with E-state index in [9.17, 15) is 0 Å². The largest absolute Gasteiger partial charge is 0.456 e. The Balaban J connectivity index is 1.33. The fourth-order valence-corrected chi connectivity index (χ4v) is 7.89. The zero-order valence-electron chi connectivity index (χ0n) is 24.1. The molecule has 7 aromatic rings. The first-order valence-corrected chi connectivity index (χ1v) is 15.0. The number of rotatable bonds is 4. The lowest BCUT2D eigenvalue weighted by atomic mass is 9.68. The fourth-order valence-electron chi connectivity index (χ4n) is 7.89. The highest BCUT2D eigenvalue weighted by molar-refractivity contribution is 6.15. The summed E-state index contributed by atoms with van der Waals surface area (Å²) in [4.78, 5) is 0. The normalized spacial score (nSPS) is 16.0. The molecule has 41 heavy (non-hydrogen) atoms. The Morgan fingerprint density at radius 3 is 2.12 bits per heavy atom. The molecule has 0 saturated heterocycles. The van der Waals surface area contributed by atoms with Gasteiger partial charge in [-0.1, -0.05) is 57.2 Å². The molecule has 0 fully saturated rings. The van der Waals surface area contributed by atoms with Crippen molar-refractivity contribution in [1.29, 1.82) is 0 Å². The van der Waals surface area contributed by atoms with Gasteiger partial charge in [-0.2, -0.15) is 4.57 Å². The van der Waals surface area contributed by atoms with Gasteiger partial charge < -0.3 is 8.83 Å². The highest BCUT2D eigenvalue weighted by atomic mass is 16.3. The van der Waals surface area contributed by atoms with Crippen LogP contribution < -0.4 is 4.57 Å². The van der Waals surface area contributed by atoms with E-state index >= 15 is 0 Å². The number of hydrogen-bond acceptors (Lipinski definition) is 2. The van der Waals surface area contributed by atoms with E-state index < -0.39 is 0 Å². The standard InChI is InChI=1S/C38H34NO2/c1-5-32-26-16-14-24(20-31(26)37-23(4)11-10-18-39(37)38(32,6-2)7-3)25-15-17-34-28(19-25)30-21-29-27-12-8-9-13-33(27)40-35(29)22-36(30)41-34/h8-22,32H,5-7H2,1-4H3/q+1. The number of fused-ring (bicyclic) bond motifs is 9. The molecule has 0 amide bonds. The maximum Gasteiger partial charge on any atom is 0.216 e. The molecule has 8 rings (SSSR count). The Hall–Kier alpha value is -4.37. The molecule has 3 nitrogen and oxygen atoms in total. The Bertz CT molecular complexity index is 2140. The van der Waals surface area contributed by atoms with Crippen molar-refractivity contribution in [3.05, 3.63) is 102 Å². The fraction of sp³-hybridized carbons (Fsp3) is 0.237. The van der Waals surface area contributed by atoms with Crippen LogP contribution in [0, 0.1) is 6.92 Å². The van der Waals surface area contributed by atoms with Gasteiger partial charge in [-0.25, -0.2) is 0 Å². The third-order valence-electron chi connectivity index (χ3n) is 9.94. The van der Waals surface area contributed by atoms with Crippen molar-refractivity contribution < 1.29 is 13.4 Å². The van der Waals surface area contributed by atoms with Crippen molar-refractivity contribution >= 4 is 43.9 Å².